The summed E-state index contributed by atoms with van der Waals surface area (Å²) in [6.45, 7) is 0.961. The van der Waals surface area contributed by atoms with E-state index in [2.05, 4.69) is 15.9 Å². The van der Waals surface area contributed by atoms with Gasteiger partial charge in [-0.3, -0.25) is 24.1 Å². The number of hydrogen-bond donors (Lipinski definition) is 1. The lowest BCUT2D eigenvalue weighted by molar-refractivity contribution is -0.162. The Morgan fingerprint density at radius 1 is 1.20 bits per heavy atom. The van der Waals surface area contributed by atoms with E-state index in [0.29, 0.717) is 9.37 Å². The molecule has 0 saturated heterocycles. The minimum absolute atomic E-state index is 0.0103. The van der Waals surface area contributed by atoms with Gasteiger partial charge in [0.25, 0.3) is 11.8 Å². The van der Waals surface area contributed by atoms with Crippen molar-refractivity contribution in [2.24, 2.45) is 0 Å². The van der Waals surface area contributed by atoms with Gasteiger partial charge in [-0.25, -0.2) is 4.39 Å². The number of esters is 1. The Kier molecular flexibility index (Phi) is 6.02. The molecule has 0 spiro atoms. The van der Waals surface area contributed by atoms with Crippen LogP contribution < -0.4 is 0 Å². The molecule has 30 heavy (non-hydrogen) atoms. The number of carbonyl (C=O) groups is 4. The fourth-order valence-corrected chi connectivity index (χ4v) is 3.84. The molecule has 0 bridgehead atoms. The van der Waals surface area contributed by atoms with Crippen molar-refractivity contribution in [2.45, 2.75) is 25.3 Å². The van der Waals surface area contributed by atoms with Crippen LogP contribution in [0.25, 0.3) is 0 Å². The molecule has 2 amide bonds. The van der Waals surface area contributed by atoms with Crippen molar-refractivity contribution in [3.05, 3.63) is 69.4 Å². The highest BCUT2D eigenvalue weighted by Gasteiger charge is 2.58. The lowest BCUT2D eigenvalue weighted by Crippen LogP contribution is -2.59. The molecule has 1 aliphatic heterocycles. The first-order valence-corrected chi connectivity index (χ1v) is 9.80. The highest BCUT2D eigenvalue weighted by Crippen LogP contribution is 2.40. The van der Waals surface area contributed by atoms with Gasteiger partial charge in [0.2, 0.25) is 0 Å². The molecule has 0 aromatic heterocycles. The van der Waals surface area contributed by atoms with Gasteiger partial charge in [-0.1, -0.05) is 40.2 Å². The third-order valence-corrected chi connectivity index (χ3v) is 5.35. The first kappa shape index (κ1) is 21.6. The molecule has 0 aliphatic carbocycles. The molecule has 156 valence electrons. The Labute approximate surface area is 179 Å². The van der Waals surface area contributed by atoms with Crippen LogP contribution in [0.3, 0.4) is 0 Å². The number of fused-ring (bicyclic) bond motifs is 1. The maximum Gasteiger partial charge on any atom is 0.326 e. The number of aliphatic carboxylic acids is 1. The molecule has 9 heteroatoms. The summed E-state index contributed by atoms with van der Waals surface area (Å²) in [7, 11) is 0. The summed E-state index contributed by atoms with van der Waals surface area (Å²) in [5.74, 6) is -4.96. The summed E-state index contributed by atoms with van der Waals surface area (Å²) >= 11 is 3.13. The van der Waals surface area contributed by atoms with Gasteiger partial charge in [-0.05, 0) is 30.7 Å². The first-order valence-electron chi connectivity index (χ1n) is 9.01. The van der Waals surface area contributed by atoms with Crippen molar-refractivity contribution >= 4 is 39.7 Å². The van der Waals surface area contributed by atoms with E-state index in [-0.39, 0.29) is 23.3 Å². The van der Waals surface area contributed by atoms with Crippen LogP contribution in [0, 0.1) is 5.82 Å². The molecule has 7 nitrogen and oxygen atoms in total. The second kappa shape index (κ2) is 8.35. The number of nitrogens with zero attached hydrogens (tertiary/aromatic N) is 1. The minimum atomic E-state index is -2.25. The standard InChI is InChI=1S/C21H17BrFNO6/c1-2-30-20(29)21(10-17(25)26)15-6-4-3-5-14(15)18(27)24(19(21)28)11-12-7-8-13(22)9-16(12)23/h3-9H,2,10-11H2,1H3,(H,25,26). The molecule has 1 unspecified atom stereocenters. The lowest BCUT2D eigenvalue weighted by atomic mass is 9.71. The first-order chi connectivity index (χ1) is 14.2. The molecular weight excluding hydrogens is 461 g/mol. The fraction of sp³-hybridized carbons (Fsp3) is 0.238. The third kappa shape index (κ3) is 3.60. The summed E-state index contributed by atoms with van der Waals surface area (Å²) in [5, 5.41) is 9.48. The molecule has 0 saturated carbocycles. The summed E-state index contributed by atoms with van der Waals surface area (Å²) in [5.41, 5.74) is -2.26. The van der Waals surface area contributed by atoms with E-state index >= 15 is 0 Å². The zero-order valence-corrected chi connectivity index (χ0v) is 17.4. The number of rotatable bonds is 6. The number of hydrogen-bond acceptors (Lipinski definition) is 5. The van der Waals surface area contributed by atoms with E-state index in [1.807, 2.05) is 0 Å². The van der Waals surface area contributed by atoms with Crippen molar-refractivity contribution in [3.63, 3.8) is 0 Å². The van der Waals surface area contributed by atoms with E-state index in [4.69, 9.17) is 4.74 Å². The Morgan fingerprint density at radius 2 is 1.90 bits per heavy atom. The van der Waals surface area contributed by atoms with Crippen molar-refractivity contribution < 1.29 is 33.4 Å². The van der Waals surface area contributed by atoms with Crippen LogP contribution in [0.15, 0.2) is 46.9 Å². The predicted octanol–water partition coefficient (Wildman–Crippen LogP) is 3.05. The second-order valence-electron chi connectivity index (χ2n) is 6.67. The van der Waals surface area contributed by atoms with Crippen molar-refractivity contribution in [3.8, 4) is 0 Å². The maximum atomic E-state index is 14.4. The molecule has 1 aliphatic rings. The average molecular weight is 478 g/mol. The Bertz CT molecular complexity index is 1060. The Hall–Kier alpha value is -3.07. The Balaban J connectivity index is 2.19. The highest BCUT2D eigenvalue weighted by atomic mass is 79.9. The molecule has 0 fully saturated rings. The van der Waals surface area contributed by atoms with E-state index < -0.39 is 48.0 Å². The Morgan fingerprint density at radius 3 is 2.53 bits per heavy atom. The summed E-state index contributed by atoms with van der Waals surface area (Å²) < 4.78 is 19.9. The van der Waals surface area contributed by atoms with Crippen LogP contribution in [0.2, 0.25) is 0 Å². The second-order valence-corrected chi connectivity index (χ2v) is 7.59. The van der Waals surface area contributed by atoms with Gasteiger partial charge in [-0.15, -0.1) is 0 Å². The third-order valence-electron chi connectivity index (χ3n) is 4.86. The van der Waals surface area contributed by atoms with Crippen LogP contribution in [-0.4, -0.2) is 40.4 Å². The van der Waals surface area contributed by atoms with Crippen LogP contribution in [0.4, 0.5) is 4.39 Å². The summed E-state index contributed by atoms with van der Waals surface area (Å²) in [4.78, 5) is 51.8. The quantitative estimate of drug-likeness (QED) is 0.389. The molecule has 1 atom stereocenters. The van der Waals surface area contributed by atoms with Gasteiger partial charge in [-0.2, -0.15) is 0 Å². The van der Waals surface area contributed by atoms with Crippen LogP contribution in [-0.2, 0) is 31.1 Å². The van der Waals surface area contributed by atoms with Crippen molar-refractivity contribution in [2.75, 3.05) is 6.61 Å². The minimum Gasteiger partial charge on any atom is -0.481 e. The van der Waals surface area contributed by atoms with Gasteiger partial charge in [0, 0.05) is 15.6 Å². The number of amides is 2. The fourth-order valence-electron chi connectivity index (χ4n) is 3.51. The van der Waals surface area contributed by atoms with Crippen LogP contribution in [0.1, 0.15) is 34.8 Å². The predicted molar refractivity (Wildman–Crippen MR) is 106 cm³/mol. The SMILES string of the molecule is CCOC(=O)C1(CC(=O)O)C(=O)N(Cc2ccc(Br)cc2F)C(=O)c2ccccc21. The van der Waals surface area contributed by atoms with Gasteiger partial charge >= 0.3 is 11.9 Å². The van der Waals surface area contributed by atoms with Crippen molar-refractivity contribution in [1.82, 2.24) is 4.90 Å². The molecular formula is C21H17BrFNO6. The topological polar surface area (TPSA) is 101 Å². The molecule has 3 rings (SSSR count). The molecule has 2 aromatic rings. The van der Waals surface area contributed by atoms with Crippen LogP contribution in [0.5, 0.6) is 0 Å². The normalized spacial score (nSPS) is 18.2. The number of ether oxygens (including phenoxy) is 1. The highest BCUT2D eigenvalue weighted by molar-refractivity contribution is 9.10. The number of halogens is 2. The zero-order chi connectivity index (χ0) is 22.1. The number of carbonyl (C=O) groups excluding carboxylic acids is 3. The van der Waals surface area contributed by atoms with E-state index in [9.17, 15) is 28.7 Å². The average Bonchev–Trinajstić information content (AvgIpc) is 2.70. The van der Waals surface area contributed by atoms with Gasteiger partial charge in [0.1, 0.15) is 5.82 Å². The maximum absolute atomic E-state index is 14.4. The number of carboxylic acid groups (broad SMARTS) is 1. The number of carboxylic acids is 1. The summed E-state index contributed by atoms with van der Waals surface area (Å²) in [6, 6.07) is 9.90. The van der Waals surface area contributed by atoms with Gasteiger partial charge < -0.3 is 9.84 Å². The number of imide groups is 1. The molecule has 1 N–H and O–H groups in total. The largest absolute Gasteiger partial charge is 0.481 e. The van der Waals surface area contributed by atoms with E-state index in [1.165, 1.54) is 43.3 Å². The van der Waals surface area contributed by atoms with Crippen LogP contribution >= 0.6 is 15.9 Å². The smallest absolute Gasteiger partial charge is 0.326 e. The zero-order valence-electron chi connectivity index (χ0n) is 15.9. The van der Waals surface area contributed by atoms with E-state index in [0.717, 1.165) is 0 Å². The molecule has 1 heterocycles. The number of benzene rings is 2. The van der Waals surface area contributed by atoms with Crippen molar-refractivity contribution in [1.29, 1.82) is 0 Å². The summed E-state index contributed by atoms with van der Waals surface area (Å²) in [6.07, 6.45) is -0.908. The molecule has 2 aromatic carbocycles. The monoisotopic (exact) mass is 477 g/mol. The van der Waals surface area contributed by atoms with Gasteiger partial charge in [0.05, 0.1) is 19.6 Å². The lowest BCUT2D eigenvalue weighted by Gasteiger charge is -2.39. The molecule has 0 radical (unpaired) electrons. The van der Waals surface area contributed by atoms with E-state index in [1.54, 1.807) is 6.07 Å². The van der Waals surface area contributed by atoms with Gasteiger partial charge in [0.15, 0.2) is 5.41 Å².